The van der Waals surface area contributed by atoms with Gasteiger partial charge < -0.3 is 24.2 Å². The number of ether oxygens (including phenoxy) is 3. The Morgan fingerprint density at radius 3 is 2.50 bits per heavy atom. The maximum absolute atomic E-state index is 12.4. The Bertz CT molecular complexity index is 508. The molecule has 0 spiro atoms. The molecule has 0 saturated heterocycles. The smallest absolute Gasteiger partial charge is 0.307 e. The molecule has 0 aliphatic rings. The number of hydrogen-bond donors (Lipinski definition) is 1. The minimum Gasteiger partial charge on any atom is -0.494 e. The standard InChI is InChI=1S/C19H29NO6/c1-2-25-19(23)10-11-20(12-15-24-16-13-21)18(22)9-6-14-26-17-7-4-3-5-8-17/h3-5,7-8,21H,2,6,9-16H2,1H3. The van der Waals surface area contributed by atoms with Gasteiger partial charge in [0.2, 0.25) is 5.91 Å². The van der Waals surface area contributed by atoms with E-state index < -0.39 is 0 Å². The van der Waals surface area contributed by atoms with Gasteiger partial charge >= 0.3 is 5.97 Å². The van der Waals surface area contributed by atoms with Crippen LogP contribution in [-0.4, -0.2) is 68.0 Å². The van der Waals surface area contributed by atoms with Gasteiger partial charge in [0.05, 0.1) is 39.5 Å². The van der Waals surface area contributed by atoms with Crippen LogP contribution in [-0.2, 0) is 19.1 Å². The second-order valence-electron chi connectivity index (χ2n) is 5.54. The van der Waals surface area contributed by atoms with Crippen molar-refractivity contribution in [1.82, 2.24) is 4.90 Å². The summed E-state index contributed by atoms with van der Waals surface area (Å²) in [5, 5.41) is 8.73. The minimum absolute atomic E-state index is 0.0569. The summed E-state index contributed by atoms with van der Waals surface area (Å²) in [6.07, 6.45) is 1.07. The molecular formula is C19H29NO6. The third-order valence-electron chi connectivity index (χ3n) is 3.53. The van der Waals surface area contributed by atoms with Crippen LogP contribution in [0.25, 0.3) is 0 Å². The van der Waals surface area contributed by atoms with Gasteiger partial charge in [-0.1, -0.05) is 18.2 Å². The lowest BCUT2D eigenvalue weighted by molar-refractivity contribution is -0.144. The molecule has 0 bridgehead atoms. The average molecular weight is 367 g/mol. The molecule has 1 aromatic carbocycles. The van der Waals surface area contributed by atoms with Crippen molar-refractivity contribution in [3.8, 4) is 5.75 Å². The van der Waals surface area contributed by atoms with Crippen LogP contribution in [0.2, 0.25) is 0 Å². The van der Waals surface area contributed by atoms with Crippen LogP contribution in [0.5, 0.6) is 5.75 Å². The van der Waals surface area contributed by atoms with E-state index >= 15 is 0 Å². The zero-order valence-electron chi connectivity index (χ0n) is 15.4. The molecule has 0 heterocycles. The topological polar surface area (TPSA) is 85.3 Å². The number of carbonyl (C=O) groups excluding carboxylic acids is 2. The van der Waals surface area contributed by atoms with Crippen LogP contribution in [0.1, 0.15) is 26.2 Å². The van der Waals surface area contributed by atoms with Crippen molar-refractivity contribution < 1.29 is 28.9 Å². The Morgan fingerprint density at radius 2 is 1.81 bits per heavy atom. The lowest BCUT2D eigenvalue weighted by Gasteiger charge is -2.22. The van der Waals surface area contributed by atoms with E-state index in [4.69, 9.17) is 19.3 Å². The normalized spacial score (nSPS) is 10.4. The highest BCUT2D eigenvalue weighted by Gasteiger charge is 2.15. The summed E-state index contributed by atoms with van der Waals surface area (Å²) in [7, 11) is 0. The number of aliphatic hydroxyl groups excluding tert-OH is 1. The van der Waals surface area contributed by atoms with Crippen LogP contribution in [0.15, 0.2) is 30.3 Å². The summed E-state index contributed by atoms with van der Waals surface area (Å²) in [6.45, 7) is 3.66. The predicted octanol–water partition coefficient (Wildman–Crippen LogP) is 1.64. The number of para-hydroxylation sites is 1. The second kappa shape index (κ2) is 14.1. The number of amides is 1. The molecule has 0 aliphatic heterocycles. The Kier molecular flexibility index (Phi) is 11.9. The molecule has 1 rings (SSSR count). The summed E-state index contributed by atoms with van der Waals surface area (Å²) >= 11 is 0. The molecule has 146 valence electrons. The summed E-state index contributed by atoms with van der Waals surface area (Å²) < 4.78 is 15.7. The van der Waals surface area contributed by atoms with Crippen LogP contribution in [0.4, 0.5) is 0 Å². The maximum atomic E-state index is 12.4. The molecule has 26 heavy (non-hydrogen) atoms. The number of nitrogens with zero attached hydrogens (tertiary/aromatic N) is 1. The quantitative estimate of drug-likeness (QED) is 0.397. The second-order valence-corrected chi connectivity index (χ2v) is 5.54. The molecule has 0 fully saturated rings. The number of aliphatic hydroxyl groups is 1. The molecule has 0 unspecified atom stereocenters. The van der Waals surface area contributed by atoms with Crippen molar-refractivity contribution in [2.75, 3.05) is 46.1 Å². The highest BCUT2D eigenvalue weighted by Crippen LogP contribution is 2.09. The first-order valence-electron chi connectivity index (χ1n) is 8.97. The van der Waals surface area contributed by atoms with Gasteiger partial charge in [-0.25, -0.2) is 0 Å². The zero-order chi connectivity index (χ0) is 19.0. The molecule has 0 saturated carbocycles. The van der Waals surface area contributed by atoms with Gasteiger partial charge in [0.1, 0.15) is 5.75 Å². The monoisotopic (exact) mass is 367 g/mol. The third kappa shape index (κ3) is 10.0. The molecule has 1 amide bonds. The predicted molar refractivity (Wildman–Crippen MR) is 96.9 cm³/mol. The number of hydrogen-bond acceptors (Lipinski definition) is 6. The van der Waals surface area contributed by atoms with E-state index in [1.165, 1.54) is 0 Å². The van der Waals surface area contributed by atoms with Gasteiger partial charge in [-0.3, -0.25) is 9.59 Å². The first-order chi connectivity index (χ1) is 12.7. The fourth-order valence-corrected chi connectivity index (χ4v) is 2.25. The molecular weight excluding hydrogens is 338 g/mol. The van der Waals surface area contributed by atoms with E-state index in [-0.39, 0.29) is 31.5 Å². The van der Waals surface area contributed by atoms with Crippen LogP contribution in [0, 0.1) is 0 Å². The molecule has 1 N–H and O–H groups in total. The maximum Gasteiger partial charge on any atom is 0.307 e. The number of benzene rings is 1. The lowest BCUT2D eigenvalue weighted by Crippen LogP contribution is -2.36. The number of carbonyl (C=O) groups is 2. The van der Waals surface area contributed by atoms with Crippen LogP contribution >= 0.6 is 0 Å². The van der Waals surface area contributed by atoms with Crippen molar-refractivity contribution >= 4 is 11.9 Å². The zero-order valence-corrected chi connectivity index (χ0v) is 15.4. The van der Waals surface area contributed by atoms with E-state index in [9.17, 15) is 9.59 Å². The Labute approximate surface area is 154 Å². The number of esters is 1. The van der Waals surface area contributed by atoms with E-state index in [0.29, 0.717) is 45.8 Å². The summed E-state index contributed by atoms with van der Waals surface area (Å²) in [6, 6.07) is 9.43. The van der Waals surface area contributed by atoms with E-state index in [1.54, 1.807) is 11.8 Å². The molecule has 0 atom stereocenters. The molecule has 7 heteroatoms. The number of rotatable bonds is 14. The Hall–Kier alpha value is -2.12. The first kappa shape index (κ1) is 21.9. The van der Waals surface area contributed by atoms with Gasteiger partial charge in [-0.2, -0.15) is 0 Å². The van der Waals surface area contributed by atoms with Crippen LogP contribution in [0.3, 0.4) is 0 Å². The van der Waals surface area contributed by atoms with Gasteiger partial charge in [0.15, 0.2) is 0 Å². The van der Waals surface area contributed by atoms with Crippen molar-refractivity contribution in [1.29, 1.82) is 0 Å². The molecule has 0 radical (unpaired) electrons. The van der Waals surface area contributed by atoms with Gasteiger partial charge in [0.25, 0.3) is 0 Å². The fourth-order valence-electron chi connectivity index (χ4n) is 2.25. The van der Waals surface area contributed by atoms with Crippen molar-refractivity contribution in [3.63, 3.8) is 0 Å². The average Bonchev–Trinajstić information content (AvgIpc) is 2.65. The molecule has 0 aromatic heterocycles. The fraction of sp³-hybridized carbons (Fsp3) is 0.579. The van der Waals surface area contributed by atoms with E-state index in [0.717, 1.165) is 5.75 Å². The molecule has 1 aromatic rings. The van der Waals surface area contributed by atoms with E-state index in [1.807, 2.05) is 30.3 Å². The summed E-state index contributed by atoms with van der Waals surface area (Å²) in [5.41, 5.74) is 0. The van der Waals surface area contributed by atoms with Crippen molar-refractivity contribution in [2.24, 2.45) is 0 Å². The first-order valence-corrected chi connectivity index (χ1v) is 8.97. The van der Waals surface area contributed by atoms with Gasteiger partial charge in [-0.15, -0.1) is 0 Å². The lowest BCUT2D eigenvalue weighted by atomic mass is 10.2. The Morgan fingerprint density at radius 1 is 1.04 bits per heavy atom. The largest absolute Gasteiger partial charge is 0.494 e. The minimum atomic E-state index is -0.325. The van der Waals surface area contributed by atoms with Crippen molar-refractivity contribution in [2.45, 2.75) is 26.2 Å². The molecule has 0 aliphatic carbocycles. The van der Waals surface area contributed by atoms with E-state index in [2.05, 4.69) is 0 Å². The Balaban J connectivity index is 2.36. The molecule has 7 nitrogen and oxygen atoms in total. The SMILES string of the molecule is CCOC(=O)CCN(CCOCCO)C(=O)CCCOc1ccccc1. The van der Waals surface area contributed by atoms with Gasteiger partial charge in [0, 0.05) is 19.5 Å². The highest BCUT2D eigenvalue weighted by molar-refractivity contribution is 5.77. The summed E-state index contributed by atoms with van der Waals surface area (Å²) in [4.78, 5) is 25.5. The summed E-state index contributed by atoms with van der Waals surface area (Å²) in [5.74, 6) is 0.393. The highest BCUT2D eigenvalue weighted by atomic mass is 16.5. The van der Waals surface area contributed by atoms with Crippen LogP contribution < -0.4 is 4.74 Å². The van der Waals surface area contributed by atoms with Gasteiger partial charge in [-0.05, 0) is 25.5 Å². The van der Waals surface area contributed by atoms with Crippen molar-refractivity contribution in [3.05, 3.63) is 30.3 Å². The third-order valence-corrected chi connectivity index (χ3v) is 3.53.